The molecule has 0 saturated carbocycles. The zero-order chi connectivity index (χ0) is 14.8. The summed E-state index contributed by atoms with van der Waals surface area (Å²) in [5.74, 6) is -0.666. The van der Waals surface area contributed by atoms with E-state index in [9.17, 15) is 13.2 Å². The molecule has 1 aliphatic rings. The summed E-state index contributed by atoms with van der Waals surface area (Å²) in [6, 6.07) is 0. The molecular weight excluding hydrogens is 266 g/mol. The number of carboxylic acids is 1. The second-order valence-corrected chi connectivity index (χ2v) is 9.14. The molecule has 112 valence electrons. The van der Waals surface area contributed by atoms with Crippen LogP contribution < -0.4 is 0 Å². The van der Waals surface area contributed by atoms with E-state index in [1.165, 1.54) is 0 Å². The number of carboxylic acid groups (broad SMARTS) is 1. The molecule has 6 heteroatoms. The molecule has 0 spiro atoms. The fraction of sp³-hybridized carbons (Fsp3) is 0.923. The Bertz CT molecular complexity index is 424. The van der Waals surface area contributed by atoms with Gasteiger partial charge in [0, 0.05) is 19.5 Å². The Labute approximate surface area is 116 Å². The van der Waals surface area contributed by atoms with E-state index in [1.807, 2.05) is 6.92 Å². The van der Waals surface area contributed by atoms with Crippen molar-refractivity contribution in [1.29, 1.82) is 0 Å². The summed E-state index contributed by atoms with van der Waals surface area (Å²) in [7, 11) is -3.31. The van der Waals surface area contributed by atoms with Crippen molar-refractivity contribution < 1.29 is 18.3 Å². The van der Waals surface area contributed by atoms with Crippen LogP contribution >= 0.6 is 0 Å². The topological polar surface area (TPSA) is 74.7 Å². The van der Waals surface area contributed by atoms with Crippen molar-refractivity contribution in [3.8, 4) is 0 Å². The zero-order valence-electron chi connectivity index (χ0n) is 12.2. The number of rotatable bonds is 4. The standard InChI is InChI=1S/C13H25NO4S/c1-10(8-12(15)16)11-6-5-7-14(9-11)19(17,18)13(2,3)4/h10-11H,5-9H2,1-4H3,(H,15,16). The van der Waals surface area contributed by atoms with Crippen LogP contribution in [0.3, 0.4) is 0 Å². The number of aliphatic carboxylic acids is 1. The second-order valence-electron chi connectivity index (χ2n) is 6.45. The number of hydrogen-bond acceptors (Lipinski definition) is 3. The van der Waals surface area contributed by atoms with Crippen molar-refractivity contribution in [1.82, 2.24) is 4.31 Å². The first-order valence-electron chi connectivity index (χ1n) is 6.77. The van der Waals surface area contributed by atoms with Gasteiger partial charge in [0.05, 0.1) is 4.75 Å². The summed E-state index contributed by atoms with van der Waals surface area (Å²) in [5.41, 5.74) is 0. The lowest BCUT2D eigenvalue weighted by Gasteiger charge is -2.38. The van der Waals surface area contributed by atoms with Crippen molar-refractivity contribution in [2.75, 3.05) is 13.1 Å². The van der Waals surface area contributed by atoms with Crippen molar-refractivity contribution in [3.05, 3.63) is 0 Å². The SMILES string of the molecule is CC(CC(=O)O)C1CCCN(S(=O)(=O)C(C)(C)C)C1. The van der Waals surface area contributed by atoms with Gasteiger partial charge in [-0.25, -0.2) is 12.7 Å². The molecule has 5 nitrogen and oxygen atoms in total. The Hall–Kier alpha value is -0.620. The lowest BCUT2D eigenvalue weighted by atomic mass is 9.85. The van der Waals surface area contributed by atoms with Crippen LogP contribution in [0.4, 0.5) is 0 Å². The number of nitrogens with zero attached hydrogens (tertiary/aromatic N) is 1. The van der Waals surface area contributed by atoms with Gasteiger partial charge in [-0.3, -0.25) is 4.79 Å². The summed E-state index contributed by atoms with van der Waals surface area (Å²) in [6.45, 7) is 8.00. The maximum absolute atomic E-state index is 12.4. The van der Waals surface area contributed by atoms with Crippen LogP contribution in [0.5, 0.6) is 0 Å². The first-order valence-corrected chi connectivity index (χ1v) is 8.21. The van der Waals surface area contributed by atoms with Crippen LogP contribution in [0.15, 0.2) is 0 Å². The Morgan fingerprint density at radius 3 is 2.47 bits per heavy atom. The van der Waals surface area contributed by atoms with Crippen molar-refractivity contribution in [2.24, 2.45) is 11.8 Å². The molecule has 1 fully saturated rings. The Morgan fingerprint density at radius 1 is 1.42 bits per heavy atom. The molecule has 2 atom stereocenters. The zero-order valence-corrected chi connectivity index (χ0v) is 13.0. The average Bonchev–Trinajstić information content (AvgIpc) is 2.26. The van der Waals surface area contributed by atoms with E-state index in [1.54, 1.807) is 25.1 Å². The molecule has 0 radical (unpaired) electrons. The van der Waals surface area contributed by atoms with Gasteiger partial charge in [0.15, 0.2) is 0 Å². The maximum Gasteiger partial charge on any atom is 0.303 e. The van der Waals surface area contributed by atoms with Crippen molar-refractivity contribution in [3.63, 3.8) is 0 Å². The second kappa shape index (κ2) is 5.79. The minimum Gasteiger partial charge on any atom is -0.481 e. The molecular formula is C13H25NO4S. The van der Waals surface area contributed by atoms with Gasteiger partial charge in [0.2, 0.25) is 10.0 Å². The molecule has 1 aliphatic heterocycles. The fourth-order valence-electron chi connectivity index (χ4n) is 2.49. The summed E-state index contributed by atoms with van der Waals surface area (Å²) >= 11 is 0. The Morgan fingerprint density at radius 2 is 2.00 bits per heavy atom. The van der Waals surface area contributed by atoms with Gasteiger partial charge in [0.1, 0.15) is 0 Å². The van der Waals surface area contributed by atoms with Gasteiger partial charge < -0.3 is 5.11 Å². The highest BCUT2D eigenvalue weighted by atomic mass is 32.2. The van der Waals surface area contributed by atoms with Crippen molar-refractivity contribution >= 4 is 16.0 Å². The van der Waals surface area contributed by atoms with E-state index in [0.29, 0.717) is 13.1 Å². The van der Waals surface area contributed by atoms with Crippen LogP contribution in [-0.2, 0) is 14.8 Å². The normalized spacial score (nSPS) is 24.1. The molecule has 1 saturated heterocycles. The number of piperidine rings is 1. The van der Waals surface area contributed by atoms with Gasteiger partial charge in [-0.1, -0.05) is 6.92 Å². The van der Waals surface area contributed by atoms with Gasteiger partial charge in [-0.2, -0.15) is 0 Å². The molecule has 0 aromatic heterocycles. The molecule has 0 bridgehead atoms. The summed E-state index contributed by atoms with van der Waals surface area (Å²) < 4.78 is 25.6. The first-order chi connectivity index (χ1) is 8.55. The number of hydrogen-bond donors (Lipinski definition) is 1. The van der Waals surface area contributed by atoms with E-state index in [4.69, 9.17) is 5.11 Å². The largest absolute Gasteiger partial charge is 0.481 e. The van der Waals surface area contributed by atoms with Gasteiger partial charge in [0.25, 0.3) is 0 Å². The molecule has 19 heavy (non-hydrogen) atoms. The summed E-state index contributed by atoms with van der Waals surface area (Å²) in [4.78, 5) is 10.8. The minimum absolute atomic E-state index is 0.00969. The minimum atomic E-state index is -3.31. The van der Waals surface area contributed by atoms with Crippen molar-refractivity contribution in [2.45, 2.75) is 51.7 Å². The summed E-state index contributed by atoms with van der Waals surface area (Å²) in [6.07, 6.45) is 1.82. The third-order valence-corrected chi connectivity index (χ3v) is 6.39. The molecule has 0 aliphatic carbocycles. The van der Waals surface area contributed by atoms with Crippen LogP contribution in [-0.4, -0.2) is 41.6 Å². The van der Waals surface area contributed by atoms with Crippen LogP contribution in [0.25, 0.3) is 0 Å². The highest BCUT2D eigenvalue weighted by Gasteiger charge is 2.38. The predicted octanol–water partition coefficient (Wildman–Crippen LogP) is 1.94. The lowest BCUT2D eigenvalue weighted by molar-refractivity contribution is -0.138. The smallest absolute Gasteiger partial charge is 0.303 e. The Balaban J connectivity index is 2.78. The lowest BCUT2D eigenvalue weighted by Crippen LogP contribution is -2.48. The third-order valence-electron chi connectivity index (χ3n) is 3.84. The average molecular weight is 291 g/mol. The van der Waals surface area contributed by atoms with Crippen LogP contribution in [0, 0.1) is 11.8 Å². The Kier molecular flexibility index (Phi) is 5.01. The molecule has 2 unspecified atom stereocenters. The van der Waals surface area contributed by atoms with E-state index in [0.717, 1.165) is 12.8 Å². The van der Waals surface area contributed by atoms with E-state index in [-0.39, 0.29) is 18.3 Å². The molecule has 1 rings (SSSR count). The number of sulfonamides is 1. The highest BCUT2D eigenvalue weighted by Crippen LogP contribution is 2.30. The maximum atomic E-state index is 12.4. The summed E-state index contributed by atoms with van der Waals surface area (Å²) in [5, 5.41) is 8.84. The van der Waals surface area contributed by atoms with E-state index >= 15 is 0 Å². The molecule has 0 amide bonds. The molecule has 0 aromatic rings. The van der Waals surface area contributed by atoms with E-state index < -0.39 is 20.7 Å². The molecule has 1 N–H and O–H groups in total. The monoisotopic (exact) mass is 291 g/mol. The van der Waals surface area contributed by atoms with Crippen LogP contribution in [0.1, 0.15) is 47.0 Å². The van der Waals surface area contributed by atoms with Gasteiger partial charge >= 0.3 is 5.97 Å². The van der Waals surface area contributed by atoms with E-state index in [2.05, 4.69) is 0 Å². The predicted molar refractivity (Wildman–Crippen MR) is 74.4 cm³/mol. The molecule has 1 heterocycles. The number of carbonyl (C=O) groups is 1. The fourth-order valence-corrected chi connectivity index (χ4v) is 4.02. The quantitative estimate of drug-likeness (QED) is 0.859. The van der Waals surface area contributed by atoms with Gasteiger partial charge in [-0.15, -0.1) is 0 Å². The first kappa shape index (κ1) is 16.4. The van der Waals surface area contributed by atoms with Gasteiger partial charge in [-0.05, 0) is 45.4 Å². The molecule has 0 aromatic carbocycles. The van der Waals surface area contributed by atoms with Crippen LogP contribution in [0.2, 0.25) is 0 Å². The third kappa shape index (κ3) is 3.92. The highest BCUT2D eigenvalue weighted by molar-refractivity contribution is 7.90.